The van der Waals surface area contributed by atoms with Crippen LogP contribution < -0.4 is 10.2 Å². The summed E-state index contributed by atoms with van der Waals surface area (Å²) in [6.45, 7) is 8.73. The number of sulfonamides is 1. The quantitative estimate of drug-likeness (QED) is 0.759. The second-order valence-corrected chi connectivity index (χ2v) is 9.61. The van der Waals surface area contributed by atoms with Gasteiger partial charge in [0.2, 0.25) is 10.0 Å². The van der Waals surface area contributed by atoms with Crippen molar-refractivity contribution in [2.45, 2.75) is 56.8 Å². The van der Waals surface area contributed by atoms with E-state index in [9.17, 15) is 13.2 Å². The fourth-order valence-corrected chi connectivity index (χ4v) is 5.41. The second-order valence-electron chi connectivity index (χ2n) is 7.67. The summed E-state index contributed by atoms with van der Waals surface area (Å²) in [4.78, 5) is 14.1. The molecule has 2 fully saturated rings. The van der Waals surface area contributed by atoms with Gasteiger partial charge in [0.25, 0.3) is 5.91 Å². The highest BCUT2D eigenvalue weighted by Gasteiger charge is 2.33. The lowest BCUT2D eigenvalue weighted by Gasteiger charge is -2.35. The molecule has 27 heavy (non-hydrogen) atoms. The van der Waals surface area contributed by atoms with Crippen molar-refractivity contribution in [3.05, 3.63) is 24.3 Å². The first kappa shape index (κ1) is 20.3. The number of anilines is 1. The third kappa shape index (κ3) is 4.68. The van der Waals surface area contributed by atoms with E-state index < -0.39 is 10.0 Å². The summed E-state index contributed by atoms with van der Waals surface area (Å²) in [6.07, 6.45) is 2.08. The largest absolute Gasteiger partial charge is 0.364 e. The van der Waals surface area contributed by atoms with E-state index in [0.717, 1.165) is 25.9 Å². The Morgan fingerprint density at radius 2 is 1.70 bits per heavy atom. The number of hydrogen-bond acceptors (Lipinski definition) is 4. The van der Waals surface area contributed by atoms with Crippen molar-refractivity contribution in [1.82, 2.24) is 4.31 Å². The lowest BCUT2D eigenvalue weighted by Crippen LogP contribution is -3.19. The van der Waals surface area contributed by atoms with Crippen LogP contribution in [0, 0.1) is 0 Å². The van der Waals surface area contributed by atoms with Gasteiger partial charge in [-0.25, -0.2) is 8.42 Å². The standard InChI is InChI=1S/C19H29N3O4S/c1-14-12-21(13-15(2)26-14)16(3)19(23)20-17-6-8-18(9-7-17)27(24,25)22-10-4-5-11-22/h6-9,14-16H,4-5,10-13H2,1-3H3,(H,20,23)/p+1/t14-,15+,16-/m0/s1. The smallest absolute Gasteiger partial charge is 0.282 e. The molecule has 2 aliphatic rings. The van der Waals surface area contributed by atoms with Crippen LogP contribution in [0.4, 0.5) is 5.69 Å². The van der Waals surface area contributed by atoms with Crippen molar-refractivity contribution < 1.29 is 22.8 Å². The predicted octanol–water partition coefficient (Wildman–Crippen LogP) is 0.490. The van der Waals surface area contributed by atoms with Gasteiger partial charge in [0.05, 0.1) is 4.90 Å². The Labute approximate surface area is 161 Å². The molecule has 3 rings (SSSR count). The minimum Gasteiger partial charge on any atom is -0.364 e. The lowest BCUT2D eigenvalue weighted by molar-refractivity contribution is -0.928. The highest BCUT2D eigenvalue weighted by atomic mass is 32.2. The molecule has 0 saturated carbocycles. The number of nitrogens with one attached hydrogen (secondary N) is 2. The molecule has 0 aliphatic carbocycles. The number of amides is 1. The average molecular weight is 397 g/mol. The number of carbonyl (C=O) groups is 1. The number of nitrogens with zero attached hydrogens (tertiary/aromatic N) is 1. The molecule has 0 radical (unpaired) electrons. The summed E-state index contributed by atoms with van der Waals surface area (Å²) >= 11 is 0. The van der Waals surface area contributed by atoms with Crippen molar-refractivity contribution in [2.24, 2.45) is 0 Å². The molecule has 1 aromatic carbocycles. The van der Waals surface area contributed by atoms with Crippen LogP contribution in [0.1, 0.15) is 33.6 Å². The van der Waals surface area contributed by atoms with Gasteiger partial charge in [0.1, 0.15) is 25.3 Å². The van der Waals surface area contributed by atoms with Gasteiger partial charge in [-0.05, 0) is 57.9 Å². The van der Waals surface area contributed by atoms with E-state index in [0.29, 0.717) is 18.8 Å². The number of quaternary nitrogens is 1. The number of rotatable bonds is 5. The first-order valence-electron chi connectivity index (χ1n) is 9.68. The molecular formula is C19H30N3O4S+. The molecule has 8 heteroatoms. The Morgan fingerprint density at radius 1 is 1.15 bits per heavy atom. The van der Waals surface area contributed by atoms with Crippen molar-refractivity contribution in [3.8, 4) is 0 Å². The summed E-state index contributed by atoms with van der Waals surface area (Å²) in [6, 6.07) is 6.26. The fourth-order valence-electron chi connectivity index (χ4n) is 3.89. The van der Waals surface area contributed by atoms with E-state index >= 15 is 0 Å². The number of benzene rings is 1. The molecule has 2 aliphatic heterocycles. The van der Waals surface area contributed by atoms with Crippen molar-refractivity contribution in [2.75, 3.05) is 31.5 Å². The van der Waals surface area contributed by atoms with E-state index in [1.807, 2.05) is 20.8 Å². The molecule has 150 valence electrons. The highest BCUT2D eigenvalue weighted by Crippen LogP contribution is 2.22. The Hall–Kier alpha value is -1.48. The summed E-state index contributed by atoms with van der Waals surface area (Å²) in [7, 11) is -3.43. The average Bonchev–Trinajstić information content (AvgIpc) is 3.16. The molecule has 0 aromatic heterocycles. The fraction of sp³-hybridized carbons (Fsp3) is 0.632. The van der Waals surface area contributed by atoms with Gasteiger partial charge in [-0.2, -0.15) is 4.31 Å². The van der Waals surface area contributed by atoms with Crippen molar-refractivity contribution >= 4 is 21.6 Å². The summed E-state index contributed by atoms with van der Waals surface area (Å²) in [5.74, 6) is -0.0681. The van der Waals surface area contributed by atoms with E-state index in [1.165, 1.54) is 9.21 Å². The first-order valence-corrected chi connectivity index (χ1v) is 11.1. The van der Waals surface area contributed by atoms with Crippen LogP contribution in [0.25, 0.3) is 0 Å². The molecule has 4 atom stereocenters. The van der Waals surface area contributed by atoms with E-state index in [2.05, 4.69) is 5.32 Å². The third-order valence-electron chi connectivity index (χ3n) is 5.39. The number of morpholine rings is 1. The monoisotopic (exact) mass is 396 g/mol. The van der Waals surface area contributed by atoms with Crippen molar-refractivity contribution in [1.29, 1.82) is 0 Å². The minimum atomic E-state index is -3.43. The van der Waals surface area contributed by atoms with E-state index in [1.54, 1.807) is 24.3 Å². The van der Waals surface area contributed by atoms with Crippen LogP contribution in [0.5, 0.6) is 0 Å². The Morgan fingerprint density at radius 3 is 2.26 bits per heavy atom. The molecule has 2 saturated heterocycles. The number of ether oxygens (including phenoxy) is 1. The number of hydrogen-bond donors (Lipinski definition) is 2. The maximum Gasteiger partial charge on any atom is 0.282 e. The SMILES string of the molecule is C[C@@H]1C[NH+]([C@@H](C)C(=O)Nc2ccc(S(=O)(=O)N3CCCC3)cc2)C[C@H](C)O1. The Balaban J connectivity index is 1.63. The van der Waals surface area contributed by atoms with Gasteiger partial charge < -0.3 is 15.0 Å². The first-order chi connectivity index (χ1) is 12.8. The van der Waals surface area contributed by atoms with Crippen LogP contribution >= 0.6 is 0 Å². The maximum atomic E-state index is 12.6. The van der Waals surface area contributed by atoms with Crippen LogP contribution in [-0.2, 0) is 19.6 Å². The molecular weight excluding hydrogens is 366 g/mol. The van der Waals surface area contributed by atoms with Crippen molar-refractivity contribution in [3.63, 3.8) is 0 Å². The Kier molecular flexibility index (Phi) is 6.20. The van der Waals surface area contributed by atoms with E-state index in [-0.39, 0.29) is 29.1 Å². The summed E-state index contributed by atoms with van der Waals surface area (Å²) in [5.41, 5.74) is 0.612. The van der Waals surface area contributed by atoms with Gasteiger partial charge in [-0.3, -0.25) is 4.79 Å². The maximum absolute atomic E-state index is 12.6. The van der Waals surface area contributed by atoms with Crippen LogP contribution in [-0.4, -0.2) is 63.1 Å². The summed E-state index contributed by atoms with van der Waals surface area (Å²) < 4.78 is 32.4. The summed E-state index contributed by atoms with van der Waals surface area (Å²) in [5, 5.41) is 2.91. The van der Waals surface area contributed by atoms with Crippen LogP contribution in [0.15, 0.2) is 29.2 Å². The van der Waals surface area contributed by atoms with Gasteiger partial charge in [-0.15, -0.1) is 0 Å². The molecule has 2 heterocycles. The molecule has 7 nitrogen and oxygen atoms in total. The third-order valence-corrected chi connectivity index (χ3v) is 7.31. The van der Waals surface area contributed by atoms with Crippen LogP contribution in [0.2, 0.25) is 0 Å². The van der Waals surface area contributed by atoms with Crippen LogP contribution in [0.3, 0.4) is 0 Å². The molecule has 1 amide bonds. The highest BCUT2D eigenvalue weighted by molar-refractivity contribution is 7.89. The molecule has 0 bridgehead atoms. The van der Waals surface area contributed by atoms with E-state index in [4.69, 9.17) is 4.74 Å². The van der Waals surface area contributed by atoms with Gasteiger partial charge in [-0.1, -0.05) is 0 Å². The lowest BCUT2D eigenvalue weighted by atomic mass is 10.1. The van der Waals surface area contributed by atoms with Gasteiger partial charge >= 0.3 is 0 Å². The zero-order valence-corrected chi connectivity index (χ0v) is 17.1. The normalized spacial score (nSPS) is 28.0. The molecule has 2 N–H and O–H groups in total. The van der Waals surface area contributed by atoms with Gasteiger partial charge in [0.15, 0.2) is 6.04 Å². The van der Waals surface area contributed by atoms with Gasteiger partial charge in [0, 0.05) is 18.8 Å². The Bertz CT molecular complexity index is 750. The second kappa shape index (κ2) is 8.26. The molecule has 1 aromatic rings. The zero-order valence-electron chi connectivity index (χ0n) is 16.3. The molecule has 1 unspecified atom stereocenters. The zero-order chi connectivity index (χ0) is 19.6. The number of carbonyl (C=O) groups excluding carboxylic acids is 1. The minimum absolute atomic E-state index is 0.0681. The topological polar surface area (TPSA) is 80.2 Å². The molecule has 0 spiro atoms. The predicted molar refractivity (Wildman–Crippen MR) is 103 cm³/mol.